The normalized spacial score (nSPS) is 18.7. The maximum Gasteiger partial charge on any atom is 0.0835 e. The number of nitrogens with zero attached hydrogens (tertiary/aromatic N) is 1. The molecule has 2 N–H and O–H groups in total. The summed E-state index contributed by atoms with van der Waals surface area (Å²) in [7, 11) is 0. The molecule has 1 aromatic heterocycles. The van der Waals surface area contributed by atoms with Crippen molar-refractivity contribution in [2.75, 3.05) is 0 Å². The Morgan fingerprint density at radius 2 is 2.33 bits per heavy atom. The maximum absolute atomic E-state index is 5.67. The Bertz CT molecular complexity index is 304. The number of rotatable bonds is 2. The quantitative estimate of drug-likeness (QED) is 0.696. The second-order valence-corrected chi connectivity index (χ2v) is 3.63. The first kappa shape index (κ1) is 7.68. The fourth-order valence-corrected chi connectivity index (χ4v) is 1.77. The molecule has 1 aromatic rings. The largest absolute Gasteiger partial charge is 0.393 e. The molecule has 1 aliphatic carbocycles. The van der Waals surface area contributed by atoms with Gasteiger partial charge in [-0.05, 0) is 24.5 Å². The van der Waals surface area contributed by atoms with E-state index in [1.54, 1.807) is 6.20 Å². The lowest BCUT2D eigenvalue weighted by Gasteiger charge is -2.12. The van der Waals surface area contributed by atoms with Crippen molar-refractivity contribution in [1.29, 1.82) is 0 Å². The fourth-order valence-electron chi connectivity index (χ4n) is 1.45. The van der Waals surface area contributed by atoms with Gasteiger partial charge in [-0.1, -0.05) is 18.3 Å². The molecule has 0 unspecified atom stereocenters. The highest BCUT2D eigenvalue weighted by molar-refractivity contribution is 7.80. The molecule has 0 atom stereocenters. The predicted octanol–water partition coefficient (Wildman–Crippen LogP) is 1.40. The molecule has 2 nitrogen and oxygen atoms in total. The van der Waals surface area contributed by atoms with Crippen LogP contribution in [0, 0.1) is 0 Å². The Balaban J connectivity index is 2.37. The maximum atomic E-state index is 5.67. The molecule has 0 amide bonds. The summed E-state index contributed by atoms with van der Waals surface area (Å²) >= 11 is 5.03. The van der Waals surface area contributed by atoms with Gasteiger partial charge >= 0.3 is 0 Å². The van der Waals surface area contributed by atoms with E-state index in [1.165, 1.54) is 0 Å². The lowest BCUT2D eigenvalue weighted by atomic mass is 9.98. The van der Waals surface area contributed by atoms with Gasteiger partial charge in [-0.25, -0.2) is 0 Å². The molecule has 0 aromatic carbocycles. The highest BCUT2D eigenvalue weighted by Crippen LogP contribution is 2.47. The van der Waals surface area contributed by atoms with Gasteiger partial charge in [-0.15, -0.1) is 0 Å². The molecule has 0 aliphatic heterocycles. The number of aromatic nitrogens is 1. The summed E-state index contributed by atoms with van der Waals surface area (Å²) in [5.74, 6) is 0. The Morgan fingerprint density at radius 3 is 2.75 bits per heavy atom. The van der Waals surface area contributed by atoms with E-state index in [0.29, 0.717) is 4.99 Å². The minimum absolute atomic E-state index is 0.0103. The van der Waals surface area contributed by atoms with Crippen molar-refractivity contribution in [3.63, 3.8) is 0 Å². The number of hydrogen-bond donors (Lipinski definition) is 1. The van der Waals surface area contributed by atoms with Crippen molar-refractivity contribution in [3.05, 3.63) is 30.1 Å². The average molecular weight is 178 g/mol. The molecule has 3 heteroatoms. The van der Waals surface area contributed by atoms with Gasteiger partial charge in [0.15, 0.2) is 0 Å². The van der Waals surface area contributed by atoms with Crippen molar-refractivity contribution >= 4 is 17.2 Å². The molecule has 12 heavy (non-hydrogen) atoms. The minimum atomic E-state index is -0.0103. The monoisotopic (exact) mass is 178 g/mol. The molecule has 62 valence electrons. The molecule has 0 bridgehead atoms. The van der Waals surface area contributed by atoms with E-state index in [4.69, 9.17) is 18.0 Å². The Morgan fingerprint density at radius 1 is 1.58 bits per heavy atom. The standard InChI is InChI=1S/C9H10N2S/c10-8(12)9(3-4-9)7-2-1-5-11-6-7/h1-2,5-6H,3-4H2,(H2,10,12). The molecule has 0 spiro atoms. The van der Waals surface area contributed by atoms with Crippen LogP contribution in [0.5, 0.6) is 0 Å². The summed E-state index contributed by atoms with van der Waals surface area (Å²) in [5, 5.41) is 0. The van der Waals surface area contributed by atoms with E-state index in [-0.39, 0.29) is 5.41 Å². The summed E-state index contributed by atoms with van der Waals surface area (Å²) in [4.78, 5) is 4.67. The molecule has 1 heterocycles. The third kappa shape index (κ3) is 1.01. The summed E-state index contributed by atoms with van der Waals surface area (Å²) in [6, 6.07) is 3.97. The summed E-state index contributed by atoms with van der Waals surface area (Å²) in [6.07, 6.45) is 5.77. The van der Waals surface area contributed by atoms with Gasteiger partial charge in [-0.3, -0.25) is 4.98 Å². The third-order valence-electron chi connectivity index (χ3n) is 2.44. The van der Waals surface area contributed by atoms with E-state index in [1.807, 2.05) is 18.3 Å². The topological polar surface area (TPSA) is 38.9 Å². The SMILES string of the molecule is NC(=S)C1(c2cccnc2)CC1. The van der Waals surface area contributed by atoms with Crippen LogP contribution in [0.1, 0.15) is 18.4 Å². The first-order chi connectivity index (χ1) is 5.76. The molecule has 1 aliphatic rings. The summed E-state index contributed by atoms with van der Waals surface area (Å²) in [6.45, 7) is 0. The number of hydrogen-bond acceptors (Lipinski definition) is 2. The fraction of sp³-hybridized carbons (Fsp3) is 0.333. The molecule has 0 saturated heterocycles. The van der Waals surface area contributed by atoms with Gasteiger partial charge in [0.05, 0.1) is 4.99 Å². The first-order valence-corrected chi connectivity index (χ1v) is 4.37. The van der Waals surface area contributed by atoms with E-state index in [0.717, 1.165) is 18.4 Å². The van der Waals surface area contributed by atoms with Crippen molar-refractivity contribution in [3.8, 4) is 0 Å². The summed E-state index contributed by atoms with van der Waals surface area (Å²) in [5.41, 5.74) is 6.82. The van der Waals surface area contributed by atoms with Crippen molar-refractivity contribution in [1.82, 2.24) is 4.98 Å². The second-order valence-electron chi connectivity index (χ2n) is 3.19. The van der Waals surface area contributed by atoms with Gasteiger partial charge in [0.2, 0.25) is 0 Å². The van der Waals surface area contributed by atoms with E-state index in [9.17, 15) is 0 Å². The van der Waals surface area contributed by atoms with Gasteiger partial charge in [0.1, 0.15) is 0 Å². The molecular formula is C9H10N2S. The summed E-state index contributed by atoms with van der Waals surface area (Å²) < 4.78 is 0. The van der Waals surface area contributed by atoms with Crippen LogP contribution < -0.4 is 5.73 Å². The predicted molar refractivity (Wildman–Crippen MR) is 51.9 cm³/mol. The Kier molecular flexibility index (Phi) is 1.61. The van der Waals surface area contributed by atoms with E-state index >= 15 is 0 Å². The van der Waals surface area contributed by atoms with Crippen molar-refractivity contribution in [2.45, 2.75) is 18.3 Å². The van der Waals surface area contributed by atoms with Gasteiger partial charge < -0.3 is 5.73 Å². The molecule has 1 saturated carbocycles. The lowest BCUT2D eigenvalue weighted by molar-refractivity contribution is 0.940. The molecular weight excluding hydrogens is 168 g/mol. The zero-order chi connectivity index (χ0) is 8.60. The first-order valence-electron chi connectivity index (χ1n) is 3.96. The number of thiocarbonyl (C=S) groups is 1. The van der Waals surface area contributed by atoms with Crippen LogP contribution in [-0.4, -0.2) is 9.97 Å². The zero-order valence-corrected chi connectivity index (χ0v) is 7.47. The Hall–Kier alpha value is -0.960. The second kappa shape index (κ2) is 2.52. The van der Waals surface area contributed by atoms with E-state index in [2.05, 4.69) is 4.98 Å². The highest BCUT2D eigenvalue weighted by atomic mass is 32.1. The van der Waals surface area contributed by atoms with Crippen LogP contribution in [0.2, 0.25) is 0 Å². The van der Waals surface area contributed by atoms with Gasteiger partial charge in [0.25, 0.3) is 0 Å². The van der Waals surface area contributed by atoms with Crippen LogP contribution in [0.4, 0.5) is 0 Å². The van der Waals surface area contributed by atoms with Crippen LogP contribution in [0.3, 0.4) is 0 Å². The van der Waals surface area contributed by atoms with Crippen molar-refractivity contribution < 1.29 is 0 Å². The Labute approximate surface area is 76.8 Å². The van der Waals surface area contributed by atoms with Crippen LogP contribution in [0.25, 0.3) is 0 Å². The lowest BCUT2D eigenvalue weighted by Crippen LogP contribution is -2.26. The molecule has 0 radical (unpaired) electrons. The van der Waals surface area contributed by atoms with Crippen LogP contribution in [-0.2, 0) is 5.41 Å². The van der Waals surface area contributed by atoms with Crippen molar-refractivity contribution in [2.24, 2.45) is 5.73 Å². The molecule has 2 rings (SSSR count). The van der Waals surface area contributed by atoms with Crippen LogP contribution >= 0.6 is 12.2 Å². The van der Waals surface area contributed by atoms with E-state index < -0.39 is 0 Å². The van der Waals surface area contributed by atoms with Gasteiger partial charge in [-0.2, -0.15) is 0 Å². The van der Waals surface area contributed by atoms with Gasteiger partial charge in [0, 0.05) is 17.8 Å². The third-order valence-corrected chi connectivity index (χ3v) is 2.83. The number of nitrogens with two attached hydrogens (primary N) is 1. The smallest absolute Gasteiger partial charge is 0.0835 e. The number of pyridine rings is 1. The van der Waals surface area contributed by atoms with Crippen LogP contribution in [0.15, 0.2) is 24.5 Å². The zero-order valence-electron chi connectivity index (χ0n) is 6.66. The highest BCUT2D eigenvalue weighted by Gasteiger charge is 2.47. The minimum Gasteiger partial charge on any atom is -0.393 e. The average Bonchev–Trinajstić information content (AvgIpc) is 2.86. The molecule has 1 fully saturated rings.